The first-order valence-corrected chi connectivity index (χ1v) is 12.3. The number of rotatable bonds is 6. The average Bonchev–Trinajstić information content (AvgIpc) is 3.39. The van der Waals surface area contributed by atoms with Crippen LogP contribution in [0.15, 0.2) is 35.3 Å². The van der Waals surface area contributed by atoms with E-state index in [0.29, 0.717) is 12.1 Å². The maximum absolute atomic E-state index is 5.70. The number of likely N-dealkylation sites (tertiary alicyclic amines) is 2. The lowest BCUT2D eigenvalue weighted by Gasteiger charge is -2.45. The Hall–Kier alpha value is -1.63. The van der Waals surface area contributed by atoms with E-state index < -0.39 is 0 Å². The highest BCUT2D eigenvalue weighted by Crippen LogP contribution is 2.31. The van der Waals surface area contributed by atoms with Gasteiger partial charge in [-0.25, -0.2) is 0 Å². The van der Waals surface area contributed by atoms with E-state index in [2.05, 4.69) is 62.7 Å². The van der Waals surface area contributed by atoms with Gasteiger partial charge < -0.3 is 15.4 Å². The lowest BCUT2D eigenvalue weighted by molar-refractivity contribution is -0.0164. The number of ether oxygens (including phenoxy) is 1. The van der Waals surface area contributed by atoms with Crippen LogP contribution in [0.3, 0.4) is 0 Å². The van der Waals surface area contributed by atoms with Crippen molar-refractivity contribution in [1.29, 1.82) is 0 Å². The fraction of sp³-hybridized carbons (Fsp3) is 0.720. The van der Waals surface area contributed by atoms with Crippen LogP contribution < -0.4 is 10.6 Å². The van der Waals surface area contributed by atoms with E-state index in [0.717, 1.165) is 64.5 Å². The molecule has 6 nitrogen and oxygen atoms in total. The van der Waals surface area contributed by atoms with E-state index in [1.165, 1.54) is 31.5 Å². The molecule has 172 valence electrons. The number of aliphatic imine (C=N–C) groups is 1. The van der Waals surface area contributed by atoms with Crippen molar-refractivity contribution in [3.8, 4) is 0 Å². The minimum Gasteiger partial charge on any atom is -0.381 e. The van der Waals surface area contributed by atoms with Gasteiger partial charge in [0.2, 0.25) is 0 Å². The van der Waals surface area contributed by atoms with Gasteiger partial charge in [-0.2, -0.15) is 0 Å². The van der Waals surface area contributed by atoms with Crippen molar-refractivity contribution >= 4 is 5.96 Å². The normalized spacial score (nSPS) is 24.8. The van der Waals surface area contributed by atoms with Crippen molar-refractivity contribution in [2.45, 2.75) is 63.1 Å². The summed E-state index contributed by atoms with van der Waals surface area (Å²) >= 11 is 0. The first-order chi connectivity index (χ1) is 15.2. The fourth-order valence-electron chi connectivity index (χ4n) is 5.56. The Morgan fingerprint density at radius 3 is 2.42 bits per heavy atom. The van der Waals surface area contributed by atoms with E-state index in [9.17, 15) is 0 Å². The van der Waals surface area contributed by atoms with Gasteiger partial charge in [-0.1, -0.05) is 30.3 Å². The number of hydrogen-bond donors (Lipinski definition) is 2. The summed E-state index contributed by atoms with van der Waals surface area (Å²) < 4.78 is 5.70. The average molecular weight is 428 g/mol. The van der Waals surface area contributed by atoms with Crippen LogP contribution in [-0.4, -0.2) is 80.3 Å². The predicted octanol–water partition coefficient (Wildman–Crippen LogP) is 3.02. The number of guanidine groups is 1. The largest absolute Gasteiger partial charge is 0.381 e. The molecule has 31 heavy (non-hydrogen) atoms. The molecule has 1 aromatic carbocycles. The summed E-state index contributed by atoms with van der Waals surface area (Å²) in [6.45, 7) is 9.75. The third-order valence-electron chi connectivity index (χ3n) is 7.71. The summed E-state index contributed by atoms with van der Waals surface area (Å²) in [4.78, 5) is 9.87. The standard InChI is InChI=1S/C25H41N5O/c1-21(22-8-4-3-5-9-22)29-16-10-23(11-17-29)28-24(26-2)27-20-25(12-18-31-19-13-25)30-14-6-7-15-30/h3-5,8-9,21,23H,6-7,10-20H2,1-2H3,(H2,26,27,28). The summed E-state index contributed by atoms with van der Waals surface area (Å²) in [5.41, 5.74) is 1.64. The van der Waals surface area contributed by atoms with Crippen LogP contribution in [0, 0.1) is 0 Å². The van der Waals surface area contributed by atoms with Gasteiger partial charge in [0, 0.05) is 57.5 Å². The second-order valence-electron chi connectivity index (χ2n) is 9.50. The highest BCUT2D eigenvalue weighted by Gasteiger charge is 2.39. The monoisotopic (exact) mass is 427 g/mol. The molecule has 1 atom stereocenters. The first-order valence-electron chi connectivity index (χ1n) is 12.3. The van der Waals surface area contributed by atoms with E-state index >= 15 is 0 Å². The molecule has 0 saturated carbocycles. The molecule has 4 rings (SSSR count). The summed E-state index contributed by atoms with van der Waals surface area (Å²) in [6, 6.07) is 11.8. The first kappa shape index (κ1) is 22.6. The van der Waals surface area contributed by atoms with Gasteiger partial charge in [-0.3, -0.25) is 14.8 Å². The van der Waals surface area contributed by atoms with Crippen LogP contribution in [0.5, 0.6) is 0 Å². The van der Waals surface area contributed by atoms with Crippen LogP contribution in [0.2, 0.25) is 0 Å². The minimum absolute atomic E-state index is 0.223. The molecular weight excluding hydrogens is 386 g/mol. The fourth-order valence-corrected chi connectivity index (χ4v) is 5.56. The van der Waals surface area contributed by atoms with Crippen molar-refractivity contribution in [2.24, 2.45) is 4.99 Å². The van der Waals surface area contributed by atoms with Crippen molar-refractivity contribution in [3.63, 3.8) is 0 Å². The van der Waals surface area contributed by atoms with E-state index in [1.807, 2.05) is 7.05 Å². The summed E-state index contributed by atoms with van der Waals surface area (Å²) in [5, 5.41) is 7.41. The summed E-state index contributed by atoms with van der Waals surface area (Å²) in [6.07, 6.45) is 7.20. The van der Waals surface area contributed by atoms with Crippen molar-refractivity contribution < 1.29 is 4.74 Å². The van der Waals surface area contributed by atoms with Crippen molar-refractivity contribution in [1.82, 2.24) is 20.4 Å². The van der Waals surface area contributed by atoms with Crippen LogP contribution in [0.1, 0.15) is 57.1 Å². The maximum atomic E-state index is 5.70. The Kier molecular flexibility index (Phi) is 7.86. The second-order valence-corrected chi connectivity index (χ2v) is 9.50. The number of benzene rings is 1. The quantitative estimate of drug-likeness (QED) is 0.540. The van der Waals surface area contributed by atoms with Crippen LogP contribution in [0.4, 0.5) is 0 Å². The molecule has 0 bridgehead atoms. The lowest BCUT2D eigenvalue weighted by atomic mass is 9.88. The minimum atomic E-state index is 0.223. The van der Waals surface area contributed by atoms with Crippen LogP contribution in [0.25, 0.3) is 0 Å². The van der Waals surface area contributed by atoms with Gasteiger partial charge in [0.25, 0.3) is 0 Å². The molecule has 0 spiro atoms. The number of piperidine rings is 1. The zero-order valence-corrected chi connectivity index (χ0v) is 19.5. The molecule has 3 aliphatic heterocycles. The maximum Gasteiger partial charge on any atom is 0.191 e. The van der Waals surface area contributed by atoms with E-state index in [-0.39, 0.29) is 5.54 Å². The molecule has 3 fully saturated rings. The smallest absolute Gasteiger partial charge is 0.191 e. The summed E-state index contributed by atoms with van der Waals surface area (Å²) in [7, 11) is 1.90. The predicted molar refractivity (Wildman–Crippen MR) is 128 cm³/mol. The molecular formula is C25H41N5O. The molecule has 0 aromatic heterocycles. The van der Waals surface area contributed by atoms with Crippen molar-refractivity contribution in [2.75, 3.05) is 53.0 Å². The van der Waals surface area contributed by atoms with Crippen molar-refractivity contribution in [3.05, 3.63) is 35.9 Å². The Balaban J connectivity index is 1.27. The molecule has 3 aliphatic rings. The third-order valence-corrected chi connectivity index (χ3v) is 7.71. The van der Waals surface area contributed by atoms with Crippen LogP contribution in [-0.2, 0) is 4.74 Å². The SMILES string of the molecule is CN=C(NCC1(N2CCCC2)CCOCC1)NC1CCN(C(C)c2ccccc2)CC1. The van der Waals surface area contributed by atoms with Gasteiger partial charge in [-0.05, 0) is 64.1 Å². The molecule has 1 aromatic rings. The van der Waals surface area contributed by atoms with Gasteiger partial charge in [0.15, 0.2) is 5.96 Å². The Morgan fingerprint density at radius 1 is 1.10 bits per heavy atom. The van der Waals surface area contributed by atoms with Crippen LogP contribution >= 0.6 is 0 Å². The zero-order valence-electron chi connectivity index (χ0n) is 19.5. The molecule has 6 heteroatoms. The number of hydrogen-bond acceptors (Lipinski definition) is 4. The molecule has 3 saturated heterocycles. The van der Waals surface area contributed by atoms with Gasteiger partial charge in [-0.15, -0.1) is 0 Å². The number of nitrogens with one attached hydrogen (secondary N) is 2. The van der Waals surface area contributed by atoms with E-state index in [4.69, 9.17) is 4.74 Å². The second kappa shape index (κ2) is 10.8. The lowest BCUT2D eigenvalue weighted by Crippen LogP contribution is -2.59. The Labute approximate surface area is 188 Å². The van der Waals surface area contributed by atoms with Gasteiger partial charge in [0.05, 0.1) is 0 Å². The molecule has 2 N–H and O–H groups in total. The Bertz CT molecular complexity index is 689. The molecule has 3 heterocycles. The van der Waals surface area contributed by atoms with E-state index in [1.54, 1.807) is 0 Å². The highest BCUT2D eigenvalue weighted by atomic mass is 16.5. The molecule has 0 aliphatic carbocycles. The summed E-state index contributed by atoms with van der Waals surface area (Å²) in [5.74, 6) is 0.958. The molecule has 0 radical (unpaired) electrons. The molecule has 1 unspecified atom stereocenters. The van der Waals surface area contributed by atoms with Gasteiger partial charge >= 0.3 is 0 Å². The third kappa shape index (κ3) is 5.60. The number of nitrogens with zero attached hydrogens (tertiary/aromatic N) is 3. The Morgan fingerprint density at radius 2 is 1.77 bits per heavy atom. The van der Waals surface area contributed by atoms with Gasteiger partial charge in [0.1, 0.15) is 0 Å². The highest BCUT2D eigenvalue weighted by molar-refractivity contribution is 5.80. The topological polar surface area (TPSA) is 52.1 Å². The zero-order chi connectivity index (χ0) is 21.5. The molecule has 0 amide bonds.